The molecule has 1 aromatic carbocycles. The molecule has 1 amide bonds. The number of nitriles is 1. The van der Waals surface area contributed by atoms with Crippen LogP contribution >= 0.6 is 0 Å². The van der Waals surface area contributed by atoms with E-state index in [-0.39, 0.29) is 18.5 Å². The lowest BCUT2D eigenvalue weighted by Crippen LogP contribution is -2.24. The van der Waals surface area contributed by atoms with Gasteiger partial charge in [0, 0.05) is 0 Å². The Bertz CT molecular complexity index is 542. The summed E-state index contributed by atoms with van der Waals surface area (Å²) >= 11 is 0. The first kappa shape index (κ1) is 14.1. The molecule has 0 atom stereocenters. The van der Waals surface area contributed by atoms with E-state index in [4.69, 9.17) is 10.00 Å². The van der Waals surface area contributed by atoms with E-state index in [2.05, 4.69) is 5.32 Å². The second kappa shape index (κ2) is 6.71. The Labute approximate surface area is 117 Å². The first-order valence-corrected chi connectivity index (χ1v) is 6.66. The number of hydrogen-bond donors (Lipinski definition) is 1. The predicted molar refractivity (Wildman–Crippen MR) is 72.7 cm³/mol. The SMILES string of the molecule is N#Cc1ccccc1NC(=O)COC(=O)C1CCCC1. The number of para-hydroxylation sites is 1. The Morgan fingerprint density at radius 2 is 2.00 bits per heavy atom. The summed E-state index contributed by atoms with van der Waals surface area (Å²) in [6, 6.07) is 8.67. The van der Waals surface area contributed by atoms with E-state index in [1.807, 2.05) is 6.07 Å². The van der Waals surface area contributed by atoms with Gasteiger partial charge in [-0.15, -0.1) is 0 Å². The lowest BCUT2D eigenvalue weighted by molar-refractivity contribution is -0.151. The number of rotatable bonds is 4. The van der Waals surface area contributed by atoms with Crippen LogP contribution in [0.2, 0.25) is 0 Å². The van der Waals surface area contributed by atoms with Crippen LogP contribution in [-0.4, -0.2) is 18.5 Å². The minimum absolute atomic E-state index is 0.0609. The van der Waals surface area contributed by atoms with Gasteiger partial charge >= 0.3 is 5.97 Å². The van der Waals surface area contributed by atoms with Crippen LogP contribution in [0.5, 0.6) is 0 Å². The summed E-state index contributed by atoms with van der Waals surface area (Å²) in [6.07, 6.45) is 3.78. The number of esters is 1. The lowest BCUT2D eigenvalue weighted by atomic mass is 10.1. The van der Waals surface area contributed by atoms with E-state index in [0.717, 1.165) is 25.7 Å². The zero-order valence-electron chi connectivity index (χ0n) is 11.1. The molecule has 104 valence electrons. The van der Waals surface area contributed by atoms with Gasteiger partial charge in [0.15, 0.2) is 6.61 Å². The molecular weight excluding hydrogens is 256 g/mol. The maximum absolute atomic E-state index is 11.7. The third-order valence-corrected chi connectivity index (χ3v) is 3.36. The van der Waals surface area contributed by atoms with Crippen LogP contribution in [-0.2, 0) is 14.3 Å². The molecule has 0 aliphatic heterocycles. The zero-order chi connectivity index (χ0) is 14.4. The van der Waals surface area contributed by atoms with Crippen molar-refractivity contribution < 1.29 is 14.3 Å². The number of amides is 1. The summed E-state index contributed by atoms with van der Waals surface area (Å²) in [5, 5.41) is 11.5. The Kier molecular flexibility index (Phi) is 4.72. The fraction of sp³-hybridized carbons (Fsp3) is 0.400. The van der Waals surface area contributed by atoms with E-state index in [1.54, 1.807) is 24.3 Å². The van der Waals surface area contributed by atoms with Crippen molar-refractivity contribution in [3.63, 3.8) is 0 Å². The van der Waals surface area contributed by atoms with Gasteiger partial charge in [-0.25, -0.2) is 0 Å². The van der Waals surface area contributed by atoms with Gasteiger partial charge in [0.05, 0.1) is 17.2 Å². The van der Waals surface area contributed by atoms with Crippen molar-refractivity contribution in [3.8, 4) is 6.07 Å². The van der Waals surface area contributed by atoms with E-state index in [0.29, 0.717) is 11.3 Å². The second-order valence-corrected chi connectivity index (χ2v) is 4.79. The number of nitrogens with zero attached hydrogens (tertiary/aromatic N) is 1. The number of carbonyl (C=O) groups is 2. The standard InChI is InChI=1S/C15H16N2O3/c16-9-12-7-3-4-8-13(12)17-14(18)10-20-15(19)11-5-1-2-6-11/h3-4,7-8,11H,1-2,5-6,10H2,(H,17,18). The van der Waals surface area contributed by atoms with Crippen LogP contribution in [0.1, 0.15) is 31.2 Å². The van der Waals surface area contributed by atoms with Crippen molar-refractivity contribution in [1.29, 1.82) is 5.26 Å². The first-order valence-electron chi connectivity index (χ1n) is 6.66. The maximum atomic E-state index is 11.7. The van der Waals surface area contributed by atoms with Gasteiger partial charge in [0.25, 0.3) is 5.91 Å². The van der Waals surface area contributed by atoms with Crippen molar-refractivity contribution in [3.05, 3.63) is 29.8 Å². The summed E-state index contributed by atoms with van der Waals surface area (Å²) in [5.41, 5.74) is 0.805. The third-order valence-electron chi connectivity index (χ3n) is 3.36. The fourth-order valence-corrected chi connectivity index (χ4v) is 2.29. The molecule has 0 spiro atoms. The molecule has 1 saturated carbocycles. The van der Waals surface area contributed by atoms with Crippen molar-refractivity contribution in [1.82, 2.24) is 0 Å². The Morgan fingerprint density at radius 3 is 2.70 bits per heavy atom. The van der Waals surface area contributed by atoms with Crippen molar-refractivity contribution in [2.24, 2.45) is 5.92 Å². The molecule has 0 radical (unpaired) electrons. The predicted octanol–water partition coefficient (Wildman–Crippen LogP) is 2.23. The highest BCUT2D eigenvalue weighted by molar-refractivity contribution is 5.94. The van der Waals surface area contributed by atoms with Crippen LogP contribution < -0.4 is 5.32 Å². The van der Waals surface area contributed by atoms with Crippen LogP contribution in [0.3, 0.4) is 0 Å². The highest BCUT2D eigenvalue weighted by Crippen LogP contribution is 2.25. The molecule has 2 rings (SSSR count). The molecule has 0 heterocycles. The minimum Gasteiger partial charge on any atom is -0.455 e. The monoisotopic (exact) mass is 272 g/mol. The molecule has 1 N–H and O–H groups in total. The Balaban J connectivity index is 1.83. The Hall–Kier alpha value is -2.35. The van der Waals surface area contributed by atoms with Gasteiger partial charge in [-0.05, 0) is 25.0 Å². The van der Waals surface area contributed by atoms with Gasteiger partial charge in [-0.2, -0.15) is 5.26 Å². The van der Waals surface area contributed by atoms with E-state index in [9.17, 15) is 9.59 Å². The summed E-state index contributed by atoms with van der Waals surface area (Å²) in [5.74, 6) is -0.792. The van der Waals surface area contributed by atoms with Gasteiger partial charge in [0.1, 0.15) is 6.07 Å². The number of benzene rings is 1. The molecule has 0 unspecified atom stereocenters. The Morgan fingerprint density at radius 1 is 1.30 bits per heavy atom. The molecule has 0 bridgehead atoms. The summed E-state index contributed by atoms with van der Waals surface area (Å²) in [6.45, 7) is -0.310. The quantitative estimate of drug-likeness (QED) is 0.852. The smallest absolute Gasteiger partial charge is 0.309 e. The fourth-order valence-electron chi connectivity index (χ4n) is 2.29. The first-order chi connectivity index (χ1) is 9.70. The van der Waals surface area contributed by atoms with E-state index < -0.39 is 5.91 Å². The van der Waals surface area contributed by atoms with Crippen LogP contribution in [0, 0.1) is 17.2 Å². The molecule has 0 aromatic heterocycles. The molecule has 1 aliphatic carbocycles. The number of carbonyl (C=O) groups excluding carboxylic acids is 2. The van der Waals surface area contributed by atoms with Crippen molar-refractivity contribution >= 4 is 17.6 Å². The number of anilines is 1. The van der Waals surface area contributed by atoms with E-state index in [1.165, 1.54) is 0 Å². The number of hydrogen-bond acceptors (Lipinski definition) is 4. The molecule has 1 aromatic rings. The van der Waals surface area contributed by atoms with Crippen LogP contribution in [0.25, 0.3) is 0 Å². The summed E-state index contributed by atoms with van der Waals surface area (Å²) in [7, 11) is 0. The highest BCUT2D eigenvalue weighted by atomic mass is 16.5. The van der Waals surface area contributed by atoms with Gasteiger partial charge in [-0.3, -0.25) is 9.59 Å². The molecule has 1 fully saturated rings. The van der Waals surface area contributed by atoms with Crippen molar-refractivity contribution in [2.45, 2.75) is 25.7 Å². The van der Waals surface area contributed by atoms with Gasteiger partial charge < -0.3 is 10.1 Å². The summed E-state index contributed by atoms with van der Waals surface area (Å²) in [4.78, 5) is 23.4. The maximum Gasteiger partial charge on any atom is 0.309 e. The highest BCUT2D eigenvalue weighted by Gasteiger charge is 2.24. The van der Waals surface area contributed by atoms with Gasteiger partial charge in [0.2, 0.25) is 0 Å². The third kappa shape index (κ3) is 3.58. The zero-order valence-corrected chi connectivity index (χ0v) is 11.1. The molecule has 5 heteroatoms. The number of nitrogens with one attached hydrogen (secondary N) is 1. The van der Waals surface area contributed by atoms with Crippen molar-refractivity contribution in [2.75, 3.05) is 11.9 Å². The normalized spacial score (nSPS) is 14.6. The molecule has 5 nitrogen and oxygen atoms in total. The molecule has 20 heavy (non-hydrogen) atoms. The van der Waals surface area contributed by atoms with E-state index >= 15 is 0 Å². The second-order valence-electron chi connectivity index (χ2n) is 4.79. The topological polar surface area (TPSA) is 79.2 Å². The van der Waals surface area contributed by atoms with Crippen LogP contribution in [0.4, 0.5) is 5.69 Å². The van der Waals surface area contributed by atoms with Crippen LogP contribution in [0.15, 0.2) is 24.3 Å². The largest absolute Gasteiger partial charge is 0.455 e. The molecule has 1 aliphatic rings. The molecule has 0 saturated heterocycles. The molecular formula is C15H16N2O3. The van der Waals surface area contributed by atoms with Gasteiger partial charge in [-0.1, -0.05) is 25.0 Å². The lowest BCUT2D eigenvalue weighted by Gasteiger charge is -2.10. The number of ether oxygens (including phenoxy) is 1. The average molecular weight is 272 g/mol. The minimum atomic E-state index is -0.431. The average Bonchev–Trinajstić information content (AvgIpc) is 2.99. The summed E-state index contributed by atoms with van der Waals surface area (Å²) < 4.78 is 5.00.